The van der Waals surface area contributed by atoms with Crippen LogP contribution < -0.4 is 5.32 Å². The topological polar surface area (TPSA) is 67.9 Å². The molecule has 0 bridgehead atoms. The third kappa shape index (κ3) is 3.80. The van der Waals surface area contributed by atoms with Crippen molar-refractivity contribution >= 4 is 23.6 Å². The van der Waals surface area contributed by atoms with Crippen LogP contribution in [0.2, 0.25) is 5.02 Å². The molecule has 1 aromatic carbocycles. The Morgan fingerprint density at radius 1 is 1.36 bits per heavy atom. The number of halogens is 1. The predicted octanol–water partition coefficient (Wildman–Crippen LogP) is 3.03. The Kier molecular flexibility index (Phi) is 5.30. The maximum absolute atomic E-state index is 12.7. The van der Waals surface area contributed by atoms with Crippen molar-refractivity contribution in [3.63, 3.8) is 0 Å². The zero-order chi connectivity index (χ0) is 18.0. The Bertz CT molecular complexity index is 715. The van der Waals surface area contributed by atoms with Gasteiger partial charge in [0.05, 0.1) is 18.2 Å². The average Bonchev–Trinajstić information content (AvgIpc) is 3.39. The Hall–Kier alpha value is -2.05. The van der Waals surface area contributed by atoms with Gasteiger partial charge in [0, 0.05) is 23.9 Å². The average molecular weight is 365 g/mol. The van der Waals surface area contributed by atoms with Crippen molar-refractivity contribution in [2.45, 2.75) is 31.8 Å². The normalized spacial score (nSPS) is 20.5. The van der Waals surface area contributed by atoms with Crippen molar-refractivity contribution in [1.29, 1.82) is 0 Å². The molecule has 1 saturated carbocycles. The van der Waals surface area contributed by atoms with Gasteiger partial charge in [0.2, 0.25) is 0 Å². The summed E-state index contributed by atoms with van der Waals surface area (Å²) in [6, 6.07) is 6.49. The summed E-state index contributed by atoms with van der Waals surface area (Å²) in [6.07, 6.45) is 1.89. The third-order valence-electron chi connectivity index (χ3n) is 4.36. The Balaban J connectivity index is 1.97. The summed E-state index contributed by atoms with van der Waals surface area (Å²) in [5.41, 5.74) is 1.82. The molecule has 134 valence electrons. The summed E-state index contributed by atoms with van der Waals surface area (Å²) < 4.78 is 10.3. The number of methoxy groups -OCH3 is 1. The summed E-state index contributed by atoms with van der Waals surface area (Å²) >= 11 is 6.08. The highest BCUT2D eigenvalue weighted by molar-refractivity contribution is 6.30. The van der Waals surface area contributed by atoms with E-state index in [1.54, 1.807) is 37.1 Å². The Morgan fingerprint density at radius 3 is 2.76 bits per heavy atom. The molecule has 3 rings (SSSR count). The van der Waals surface area contributed by atoms with E-state index < -0.39 is 12.0 Å². The number of carbonyl (C=O) groups is 2. The minimum atomic E-state index is -0.587. The van der Waals surface area contributed by atoms with E-state index in [2.05, 4.69) is 5.32 Å². The first-order valence-electron chi connectivity index (χ1n) is 8.25. The number of hydrogen-bond donors (Lipinski definition) is 1. The first kappa shape index (κ1) is 17.8. The van der Waals surface area contributed by atoms with Crippen molar-refractivity contribution in [2.24, 2.45) is 0 Å². The number of urea groups is 1. The zero-order valence-corrected chi connectivity index (χ0v) is 15.0. The van der Waals surface area contributed by atoms with Crippen molar-refractivity contribution in [1.82, 2.24) is 10.2 Å². The monoisotopic (exact) mass is 364 g/mol. The molecule has 25 heavy (non-hydrogen) atoms. The van der Waals surface area contributed by atoms with Crippen LogP contribution in [0.1, 0.15) is 31.4 Å². The van der Waals surface area contributed by atoms with Crippen LogP contribution in [-0.4, -0.2) is 43.3 Å². The molecule has 1 atom stereocenters. The number of carbonyl (C=O) groups excluding carboxylic acids is 2. The van der Waals surface area contributed by atoms with E-state index >= 15 is 0 Å². The fourth-order valence-corrected chi connectivity index (χ4v) is 3.22. The van der Waals surface area contributed by atoms with Crippen molar-refractivity contribution in [3.8, 4) is 0 Å². The molecule has 0 radical (unpaired) electrons. The van der Waals surface area contributed by atoms with E-state index in [9.17, 15) is 9.59 Å². The third-order valence-corrected chi connectivity index (χ3v) is 4.60. The number of rotatable bonds is 6. The summed E-state index contributed by atoms with van der Waals surface area (Å²) in [5.74, 6) is -0.454. The van der Waals surface area contributed by atoms with Crippen LogP contribution in [-0.2, 0) is 14.3 Å². The minimum absolute atomic E-state index is 0.155. The lowest BCUT2D eigenvalue weighted by molar-refractivity contribution is -0.140. The number of allylic oxidation sites excluding steroid dienone is 1. The van der Waals surface area contributed by atoms with Crippen LogP contribution in [0.4, 0.5) is 4.79 Å². The van der Waals surface area contributed by atoms with Gasteiger partial charge in [-0.15, -0.1) is 0 Å². The van der Waals surface area contributed by atoms with Crippen molar-refractivity contribution in [2.75, 3.05) is 20.3 Å². The van der Waals surface area contributed by atoms with Crippen LogP contribution >= 0.6 is 11.6 Å². The van der Waals surface area contributed by atoms with Crippen LogP contribution in [0.5, 0.6) is 0 Å². The molecule has 1 heterocycles. The molecule has 1 aliphatic carbocycles. The Morgan fingerprint density at radius 2 is 2.12 bits per heavy atom. The molecule has 1 aromatic rings. The fourth-order valence-electron chi connectivity index (χ4n) is 3.03. The largest absolute Gasteiger partial charge is 0.460 e. The lowest BCUT2D eigenvalue weighted by Gasteiger charge is -2.35. The molecule has 2 aliphatic rings. The molecule has 1 N–H and O–H groups in total. The molecule has 7 heteroatoms. The maximum atomic E-state index is 12.7. The molecule has 0 saturated heterocycles. The number of benzene rings is 1. The Labute approximate surface area is 151 Å². The number of hydrogen-bond acceptors (Lipinski definition) is 4. The van der Waals surface area contributed by atoms with E-state index in [1.807, 2.05) is 6.07 Å². The maximum Gasteiger partial charge on any atom is 0.338 e. The van der Waals surface area contributed by atoms with Crippen LogP contribution in [0.25, 0.3) is 0 Å². The lowest BCUT2D eigenvalue weighted by Crippen LogP contribution is -2.49. The van der Waals surface area contributed by atoms with Gasteiger partial charge in [-0.25, -0.2) is 9.59 Å². The first-order chi connectivity index (χ1) is 12.0. The van der Waals surface area contributed by atoms with E-state index in [4.69, 9.17) is 21.1 Å². The second-order valence-corrected chi connectivity index (χ2v) is 6.60. The number of ether oxygens (including phenoxy) is 2. The first-order valence-corrected chi connectivity index (χ1v) is 8.62. The van der Waals surface area contributed by atoms with Gasteiger partial charge in [-0.05, 0) is 37.5 Å². The van der Waals surface area contributed by atoms with E-state index in [1.165, 1.54) is 0 Å². The molecule has 1 unspecified atom stereocenters. The van der Waals surface area contributed by atoms with Gasteiger partial charge in [-0.1, -0.05) is 23.7 Å². The molecular formula is C18H21ClN2O4. The second-order valence-electron chi connectivity index (χ2n) is 6.17. The van der Waals surface area contributed by atoms with E-state index in [0.717, 1.165) is 18.4 Å². The molecule has 6 nitrogen and oxygen atoms in total. The van der Waals surface area contributed by atoms with Gasteiger partial charge in [0.15, 0.2) is 0 Å². The predicted molar refractivity (Wildman–Crippen MR) is 93.1 cm³/mol. The number of amides is 2. The summed E-state index contributed by atoms with van der Waals surface area (Å²) in [6.45, 7) is 2.27. The summed E-state index contributed by atoms with van der Waals surface area (Å²) in [7, 11) is 1.54. The second kappa shape index (κ2) is 7.45. The summed E-state index contributed by atoms with van der Waals surface area (Å²) in [5, 5.41) is 3.46. The number of nitrogens with zero attached hydrogens (tertiary/aromatic N) is 1. The smallest absolute Gasteiger partial charge is 0.338 e. The van der Waals surface area contributed by atoms with Crippen LogP contribution in [0, 0.1) is 0 Å². The highest BCUT2D eigenvalue weighted by atomic mass is 35.5. The molecule has 0 aromatic heterocycles. The number of esters is 1. The van der Waals surface area contributed by atoms with Gasteiger partial charge in [0.25, 0.3) is 0 Å². The van der Waals surface area contributed by atoms with E-state index in [-0.39, 0.29) is 18.7 Å². The van der Waals surface area contributed by atoms with Gasteiger partial charge in [-0.2, -0.15) is 0 Å². The molecule has 2 amide bonds. The van der Waals surface area contributed by atoms with Gasteiger partial charge in [-0.3, -0.25) is 4.90 Å². The molecular weight excluding hydrogens is 344 g/mol. The van der Waals surface area contributed by atoms with Crippen LogP contribution in [0.3, 0.4) is 0 Å². The molecule has 1 fully saturated rings. The quantitative estimate of drug-likeness (QED) is 0.622. The van der Waals surface area contributed by atoms with Gasteiger partial charge in [0.1, 0.15) is 6.61 Å². The molecule has 0 spiro atoms. The number of nitrogens with one attached hydrogen (secondary N) is 1. The van der Waals surface area contributed by atoms with Gasteiger partial charge >= 0.3 is 12.0 Å². The van der Waals surface area contributed by atoms with E-state index in [0.29, 0.717) is 22.9 Å². The van der Waals surface area contributed by atoms with Crippen molar-refractivity contribution in [3.05, 3.63) is 46.1 Å². The zero-order valence-electron chi connectivity index (χ0n) is 14.3. The van der Waals surface area contributed by atoms with Gasteiger partial charge < -0.3 is 14.8 Å². The SMILES string of the molecule is COCCOC(=O)C1=C(C)N(C2CC2)C(=O)NC1c1cccc(Cl)c1. The standard InChI is InChI=1S/C18H21ClN2O4/c1-11-15(17(22)25-9-8-24-2)16(12-4-3-5-13(19)10-12)20-18(23)21(11)14-6-7-14/h3-5,10,14,16H,6-9H2,1-2H3,(H,20,23). The summed E-state index contributed by atoms with van der Waals surface area (Å²) in [4.78, 5) is 26.9. The fraction of sp³-hybridized carbons (Fsp3) is 0.444. The lowest BCUT2D eigenvalue weighted by atomic mass is 9.95. The van der Waals surface area contributed by atoms with Crippen LogP contribution in [0.15, 0.2) is 35.5 Å². The highest BCUT2D eigenvalue weighted by Crippen LogP contribution is 2.38. The minimum Gasteiger partial charge on any atom is -0.460 e. The molecule has 1 aliphatic heterocycles. The van der Waals surface area contributed by atoms with Crippen molar-refractivity contribution < 1.29 is 19.1 Å². The highest BCUT2D eigenvalue weighted by Gasteiger charge is 2.42.